The monoisotopic (exact) mass is 299 g/mol. The second-order valence-corrected chi connectivity index (χ2v) is 5.28. The number of anilines is 1. The molecule has 116 valence electrons. The first-order valence-electron chi connectivity index (χ1n) is 7.18. The fourth-order valence-electron chi connectivity index (χ4n) is 2.25. The number of ether oxygens (including phenoxy) is 2. The van der Waals surface area contributed by atoms with Gasteiger partial charge in [0.05, 0.1) is 7.11 Å². The van der Waals surface area contributed by atoms with Crippen LogP contribution in [0.1, 0.15) is 18.1 Å². The van der Waals surface area contributed by atoms with Crippen molar-refractivity contribution in [3.63, 3.8) is 0 Å². The molecule has 0 bridgehead atoms. The van der Waals surface area contributed by atoms with Crippen LogP contribution in [0.3, 0.4) is 0 Å². The number of nitrogens with one attached hydrogen (secondary N) is 1. The minimum absolute atomic E-state index is 0.198. The molecular weight excluding hydrogens is 278 g/mol. The lowest BCUT2D eigenvalue weighted by Crippen LogP contribution is -2.30. The van der Waals surface area contributed by atoms with E-state index in [0.29, 0.717) is 11.5 Å². The van der Waals surface area contributed by atoms with Gasteiger partial charge in [0.2, 0.25) is 0 Å². The molecule has 22 heavy (non-hydrogen) atoms. The normalized spacial score (nSPS) is 11.6. The number of amides is 1. The fraction of sp³-hybridized carbons (Fsp3) is 0.278. The van der Waals surface area contributed by atoms with Crippen LogP contribution in [0.4, 0.5) is 5.69 Å². The Labute approximate surface area is 131 Å². The summed E-state index contributed by atoms with van der Waals surface area (Å²) < 4.78 is 10.9. The number of hydrogen-bond acceptors (Lipinski definition) is 3. The Hall–Kier alpha value is -2.49. The molecule has 4 nitrogen and oxygen atoms in total. The molecule has 1 atom stereocenters. The third kappa shape index (κ3) is 4.01. The summed E-state index contributed by atoms with van der Waals surface area (Å²) >= 11 is 0. The second kappa shape index (κ2) is 6.98. The molecule has 2 aromatic carbocycles. The maximum Gasteiger partial charge on any atom is 0.265 e. The van der Waals surface area contributed by atoms with E-state index in [1.807, 2.05) is 38.1 Å². The van der Waals surface area contributed by atoms with E-state index in [1.54, 1.807) is 26.2 Å². The van der Waals surface area contributed by atoms with Crippen LogP contribution in [0, 0.1) is 13.8 Å². The van der Waals surface area contributed by atoms with Crippen molar-refractivity contribution >= 4 is 11.6 Å². The van der Waals surface area contributed by atoms with Crippen LogP contribution >= 0.6 is 0 Å². The lowest BCUT2D eigenvalue weighted by molar-refractivity contribution is -0.122. The van der Waals surface area contributed by atoms with Gasteiger partial charge in [0.15, 0.2) is 17.6 Å². The molecule has 0 radical (unpaired) electrons. The first-order chi connectivity index (χ1) is 10.5. The summed E-state index contributed by atoms with van der Waals surface area (Å²) in [4.78, 5) is 12.3. The lowest BCUT2D eigenvalue weighted by Gasteiger charge is -2.17. The molecule has 0 aliphatic heterocycles. The molecule has 1 N–H and O–H groups in total. The van der Waals surface area contributed by atoms with Gasteiger partial charge < -0.3 is 14.8 Å². The largest absolute Gasteiger partial charge is 0.493 e. The highest BCUT2D eigenvalue weighted by Gasteiger charge is 2.17. The van der Waals surface area contributed by atoms with Gasteiger partial charge in [-0.3, -0.25) is 4.79 Å². The van der Waals surface area contributed by atoms with Gasteiger partial charge in [0.1, 0.15) is 0 Å². The molecule has 0 aliphatic carbocycles. The highest BCUT2D eigenvalue weighted by atomic mass is 16.5. The van der Waals surface area contributed by atoms with Crippen molar-refractivity contribution in [2.45, 2.75) is 26.9 Å². The van der Waals surface area contributed by atoms with Crippen LogP contribution in [0.15, 0.2) is 42.5 Å². The average Bonchev–Trinajstić information content (AvgIpc) is 2.46. The van der Waals surface area contributed by atoms with E-state index < -0.39 is 6.10 Å². The minimum Gasteiger partial charge on any atom is -0.493 e. The topological polar surface area (TPSA) is 47.6 Å². The van der Waals surface area contributed by atoms with Crippen molar-refractivity contribution in [3.05, 3.63) is 53.6 Å². The number of carbonyl (C=O) groups excluding carboxylic acids is 1. The van der Waals surface area contributed by atoms with E-state index in [-0.39, 0.29) is 5.91 Å². The number of rotatable bonds is 5. The molecule has 2 aromatic rings. The molecule has 0 aromatic heterocycles. The number of benzene rings is 2. The van der Waals surface area contributed by atoms with E-state index in [4.69, 9.17) is 9.47 Å². The predicted octanol–water partition coefficient (Wildman–Crippen LogP) is 3.72. The predicted molar refractivity (Wildman–Crippen MR) is 87.6 cm³/mol. The molecule has 1 amide bonds. The van der Waals surface area contributed by atoms with Crippen molar-refractivity contribution in [2.75, 3.05) is 12.4 Å². The summed E-state index contributed by atoms with van der Waals surface area (Å²) in [6.07, 6.45) is -0.628. The highest BCUT2D eigenvalue weighted by Crippen LogP contribution is 2.27. The zero-order valence-electron chi connectivity index (χ0n) is 13.3. The summed E-state index contributed by atoms with van der Waals surface area (Å²) in [5, 5.41) is 2.88. The Morgan fingerprint density at radius 1 is 1.05 bits per heavy atom. The van der Waals surface area contributed by atoms with Gasteiger partial charge in [0, 0.05) is 5.69 Å². The van der Waals surface area contributed by atoms with Crippen molar-refractivity contribution in [2.24, 2.45) is 0 Å². The second-order valence-electron chi connectivity index (χ2n) is 5.28. The fourth-order valence-corrected chi connectivity index (χ4v) is 2.25. The zero-order valence-corrected chi connectivity index (χ0v) is 13.3. The van der Waals surface area contributed by atoms with Gasteiger partial charge in [-0.2, -0.15) is 0 Å². The van der Waals surface area contributed by atoms with E-state index in [9.17, 15) is 4.79 Å². The molecule has 2 rings (SSSR count). The van der Waals surface area contributed by atoms with E-state index in [0.717, 1.165) is 16.8 Å². The Balaban J connectivity index is 2.06. The molecule has 0 heterocycles. The Morgan fingerprint density at radius 2 is 1.64 bits per heavy atom. The van der Waals surface area contributed by atoms with Crippen molar-refractivity contribution in [3.8, 4) is 11.5 Å². The maximum absolute atomic E-state index is 12.3. The van der Waals surface area contributed by atoms with E-state index in [1.165, 1.54) is 0 Å². The first kappa shape index (κ1) is 15.9. The minimum atomic E-state index is -0.628. The smallest absolute Gasteiger partial charge is 0.265 e. The summed E-state index contributed by atoms with van der Waals surface area (Å²) in [5.74, 6) is 0.956. The average molecular weight is 299 g/mol. The van der Waals surface area contributed by atoms with Crippen LogP contribution in [0.2, 0.25) is 0 Å². The van der Waals surface area contributed by atoms with E-state index >= 15 is 0 Å². The summed E-state index contributed by atoms with van der Waals surface area (Å²) in [7, 11) is 1.57. The van der Waals surface area contributed by atoms with Crippen molar-refractivity contribution in [1.82, 2.24) is 0 Å². The molecule has 0 unspecified atom stereocenters. The van der Waals surface area contributed by atoms with E-state index in [2.05, 4.69) is 11.4 Å². The summed E-state index contributed by atoms with van der Waals surface area (Å²) in [6.45, 7) is 5.71. The standard InChI is InChI=1S/C18H21NO3/c1-12-9-13(2)11-15(10-12)19-18(20)14(3)22-17-8-6-5-7-16(17)21-4/h5-11,14H,1-4H3,(H,19,20)/t14-/m1/s1. The number of aryl methyl sites for hydroxylation is 2. The molecule has 0 saturated carbocycles. The quantitative estimate of drug-likeness (QED) is 0.915. The zero-order chi connectivity index (χ0) is 16.1. The number of hydrogen-bond donors (Lipinski definition) is 1. The van der Waals surface area contributed by atoms with Crippen LogP contribution in [0.25, 0.3) is 0 Å². The van der Waals surface area contributed by atoms with Gasteiger partial charge >= 0.3 is 0 Å². The number of methoxy groups -OCH3 is 1. The molecule has 4 heteroatoms. The highest BCUT2D eigenvalue weighted by molar-refractivity contribution is 5.94. The van der Waals surface area contributed by atoms with Crippen LogP contribution in [-0.2, 0) is 4.79 Å². The molecule has 0 saturated heterocycles. The molecule has 0 aliphatic rings. The molecule has 0 fully saturated rings. The van der Waals surface area contributed by atoms with Gasteiger partial charge in [-0.15, -0.1) is 0 Å². The number of carbonyl (C=O) groups is 1. The van der Waals surface area contributed by atoms with Gasteiger partial charge in [-0.05, 0) is 56.2 Å². The summed E-state index contributed by atoms with van der Waals surface area (Å²) in [6, 6.07) is 13.2. The summed E-state index contributed by atoms with van der Waals surface area (Å²) in [5.41, 5.74) is 2.99. The number of para-hydroxylation sites is 2. The third-order valence-corrected chi connectivity index (χ3v) is 3.23. The van der Waals surface area contributed by atoms with Crippen LogP contribution in [-0.4, -0.2) is 19.1 Å². The van der Waals surface area contributed by atoms with Gasteiger partial charge in [-0.25, -0.2) is 0 Å². The Bertz CT molecular complexity index is 647. The molecule has 0 spiro atoms. The van der Waals surface area contributed by atoms with Crippen LogP contribution in [0.5, 0.6) is 11.5 Å². The molecular formula is C18H21NO3. The Kier molecular flexibility index (Phi) is 5.04. The lowest BCUT2D eigenvalue weighted by atomic mass is 10.1. The van der Waals surface area contributed by atoms with Gasteiger partial charge in [-0.1, -0.05) is 18.2 Å². The first-order valence-corrected chi connectivity index (χ1v) is 7.18. The SMILES string of the molecule is COc1ccccc1O[C@H](C)C(=O)Nc1cc(C)cc(C)c1. The third-order valence-electron chi connectivity index (χ3n) is 3.23. The van der Waals surface area contributed by atoms with Crippen LogP contribution < -0.4 is 14.8 Å². The van der Waals surface area contributed by atoms with Crippen molar-refractivity contribution in [1.29, 1.82) is 0 Å². The van der Waals surface area contributed by atoms with Crippen molar-refractivity contribution < 1.29 is 14.3 Å². The maximum atomic E-state index is 12.3. The van der Waals surface area contributed by atoms with Gasteiger partial charge in [0.25, 0.3) is 5.91 Å². The Morgan fingerprint density at radius 3 is 2.23 bits per heavy atom.